The molecule has 0 spiro atoms. The van der Waals surface area contributed by atoms with Crippen LogP contribution in [0.25, 0.3) is 0 Å². The zero-order valence-electron chi connectivity index (χ0n) is 11.6. The summed E-state index contributed by atoms with van der Waals surface area (Å²) in [5, 5.41) is 5.99. The molecule has 1 fully saturated rings. The lowest BCUT2D eigenvalue weighted by Crippen LogP contribution is -2.43. The summed E-state index contributed by atoms with van der Waals surface area (Å²) < 4.78 is 23.7. The largest absolute Gasteiger partial charge is 0.325 e. The summed E-state index contributed by atoms with van der Waals surface area (Å²) in [5.74, 6) is 0.0873. The summed E-state index contributed by atoms with van der Waals surface area (Å²) in [4.78, 5) is 12.5. The van der Waals surface area contributed by atoms with Gasteiger partial charge in [-0.15, -0.1) is 12.4 Å². The second-order valence-electron chi connectivity index (χ2n) is 5.38. The second kappa shape index (κ2) is 6.34. The van der Waals surface area contributed by atoms with Gasteiger partial charge >= 0.3 is 0 Å². The van der Waals surface area contributed by atoms with Gasteiger partial charge in [-0.3, -0.25) is 4.79 Å². The number of anilines is 1. The number of piperidine rings is 1. The second-order valence-corrected chi connectivity index (χ2v) is 7.46. The van der Waals surface area contributed by atoms with Crippen LogP contribution in [-0.4, -0.2) is 32.7 Å². The lowest BCUT2D eigenvalue weighted by molar-refractivity contribution is -0.118. The number of carbonyl (C=O) groups excluding carboxylic acids is 1. The van der Waals surface area contributed by atoms with Crippen molar-refractivity contribution in [1.29, 1.82) is 0 Å². The van der Waals surface area contributed by atoms with Crippen LogP contribution in [0.2, 0.25) is 0 Å². The van der Waals surface area contributed by atoms with E-state index in [0.717, 1.165) is 31.4 Å². The molecule has 7 heteroatoms. The smallest absolute Gasteiger partial charge is 0.241 e. The highest BCUT2D eigenvalue weighted by Crippen LogP contribution is 2.28. The number of fused-ring (bicyclic) bond motifs is 1. The first-order chi connectivity index (χ1) is 9.56. The number of hydrogen-bond donors (Lipinski definition) is 2. The van der Waals surface area contributed by atoms with Gasteiger partial charge in [-0.05, 0) is 43.5 Å². The molecule has 1 amide bonds. The quantitative estimate of drug-likeness (QED) is 0.862. The van der Waals surface area contributed by atoms with E-state index in [9.17, 15) is 13.2 Å². The number of aryl methyl sites for hydroxylation is 1. The molecule has 3 rings (SSSR count). The molecule has 0 aliphatic carbocycles. The van der Waals surface area contributed by atoms with Gasteiger partial charge in [-0.1, -0.05) is 12.5 Å². The van der Waals surface area contributed by atoms with Crippen molar-refractivity contribution in [2.24, 2.45) is 0 Å². The summed E-state index contributed by atoms with van der Waals surface area (Å²) in [6, 6.07) is 4.98. The van der Waals surface area contributed by atoms with Crippen LogP contribution in [0, 0.1) is 0 Å². The van der Waals surface area contributed by atoms with Crippen molar-refractivity contribution in [2.45, 2.75) is 36.6 Å². The first-order valence-corrected chi connectivity index (χ1v) is 8.61. The zero-order chi connectivity index (χ0) is 14.2. The van der Waals surface area contributed by atoms with Crippen LogP contribution in [0.3, 0.4) is 0 Å². The van der Waals surface area contributed by atoms with Crippen molar-refractivity contribution in [1.82, 2.24) is 5.32 Å². The predicted octanol–water partition coefficient (Wildman–Crippen LogP) is 1.52. The fraction of sp³-hybridized carbons (Fsp3) is 0.500. The molecule has 0 radical (unpaired) electrons. The van der Waals surface area contributed by atoms with Gasteiger partial charge in [0.1, 0.15) is 0 Å². The van der Waals surface area contributed by atoms with E-state index in [1.165, 1.54) is 0 Å². The number of rotatable bonds is 2. The fourth-order valence-corrected chi connectivity index (χ4v) is 4.37. The van der Waals surface area contributed by atoms with E-state index < -0.39 is 9.84 Å². The Kier molecular flexibility index (Phi) is 4.91. The van der Waals surface area contributed by atoms with E-state index in [4.69, 9.17) is 0 Å². The monoisotopic (exact) mass is 330 g/mol. The standard InChI is InChI=1S/C14H18N2O3S.ClH/c17-14(12-3-1-2-7-15-12)16-11-5-4-10-6-8-20(18,19)13(10)9-11;/h4-5,9,12,15H,1-3,6-8H2,(H,16,17);1H. The molecular formula is C14H19ClN2O3S. The Morgan fingerprint density at radius 3 is 2.81 bits per heavy atom. The molecule has 2 N–H and O–H groups in total. The Balaban J connectivity index is 0.00000161. The van der Waals surface area contributed by atoms with Crippen LogP contribution in [0.15, 0.2) is 23.1 Å². The van der Waals surface area contributed by atoms with E-state index in [0.29, 0.717) is 17.0 Å². The molecule has 0 saturated carbocycles. The molecular weight excluding hydrogens is 312 g/mol. The third kappa shape index (κ3) is 3.39. The number of hydrogen-bond acceptors (Lipinski definition) is 4. The van der Waals surface area contributed by atoms with Crippen LogP contribution in [0.1, 0.15) is 24.8 Å². The number of nitrogens with one attached hydrogen (secondary N) is 2. The van der Waals surface area contributed by atoms with Crippen LogP contribution in [0.5, 0.6) is 0 Å². The first-order valence-electron chi connectivity index (χ1n) is 6.96. The highest BCUT2D eigenvalue weighted by atomic mass is 35.5. The van der Waals surface area contributed by atoms with Gasteiger partial charge < -0.3 is 10.6 Å². The molecule has 0 bridgehead atoms. The van der Waals surface area contributed by atoms with Gasteiger partial charge in [0, 0.05) is 5.69 Å². The molecule has 1 saturated heterocycles. The molecule has 1 atom stereocenters. The van der Waals surface area contributed by atoms with Gasteiger partial charge in [-0.25, -0.2) is 8.42 Å². The van der Waals surface area contributed by atoms with E-state index in [2.05, 4.69) is 10.6 Å². The first kappa shape index (κ1) is 16.3. The summed E-state index contributed by atoms with van der Waals surface area (Å²) in [7, 11) is -3.16. The molecule has 21 heavy (non-hydrogen) atoms. The highest BCUT2D eigenvalue weighted by Gasteiger charge is 2.27. The normalized spacial score (nSPS) is 23.0. The molecule has 2 aliphatic rings. The molecule has 5 nitrogen and oxygen atoms in total. The summed E-state index contributed by atoms with van der Waals surface area (Å²) in [6.45, 7) is 0.858. The van der Waals surface area contributed by atoms with Crippen molar-refractivity contribution in [3.63, 3.8) is 0 Å². The molecule has 116 valence electrons. The van der Waals surface area contributed by atoms with Crippen LogP contribution in [-0.2, 0) is 21.1 Å². The van der Waals surface area contributed by atoms with Crippen LogP contribution >= 0.6 is 12.4 Å². The maximum atomic E-state index is 12.1. The zero-order valence-corrected chi connectivity index (χ0v) is 13.2. The summed E-state index contributed by atoms with van der Waals surface area (Å²) in [6.07, 6.45) is 3.54. The molecule has 2 aliphatic heterocycles. The lowest BCUT2D eigenvalue weighted by atomic mass is 10.0. The number of sulfone groups is 1. The average Bonchev–Trinajstić information content (AvgIpc) is 2.75. The number of benzene rings is 1. The van der Waals surface area contributed by atoms with Crippen LogP contribution in [0.4, 0.5) is 5.69 Å². The minimum Gasteiger partial charge on any atom is -0.325 e. The molecule has 1 unspecified atom stereocenters. The Hall–Kier alpha value is -1.11. The van der Waals surface area contributed by atoms with Crippen molar-refractivity contribution in [3.05, 3.63) is 23.8 Å². The van der Waals surface area contributed by atoms with E-state index in [1.807, 2.05) is 0 Å². The number of carbonyl (C=O) groups is 1. The van der Waals surface area contributed by atoms with Gasteiger partial charge in [0.15, 0.2) is 9.84 Å². The van der Waals surface area contributed by atoms with Gasteiger partial charge in [0.25, 0.3) is 0 Å². The van der Waals surface area contributed by atoms with Gasteiger partial charge in [0.05, 0.1) is 16.7 Å². The molecule has 1 aromatic carbocycles. The van der Waals surface area contributed by atoms with Gasteiger partial charge in [-0.2, -0.15) is 0 Å². The topological polar surface area (TPSA) is 75.3 Å². The Morgan fingerprint density at radius 2 is 2.10 bits per heavy atom. The summed E-state index contributed by atoms with van der Waals surface area (Å²) in [5.41, 5.74) is 1.41. The molecule has 1 aromatic rings. The van der Waals surface area contributed by atoms with Crippen LogP contribution < -0.4 is 10.6 Å². The number of halogens is 1. The lowest BCUT2D eigenvalue weighted by Gasteiger charge is -2.22. The number of amides is 1. The Labute approximate surface area is 130 Å². The maximum Gasteiger partial charge on any atom is 0.241 e. The van der Waals surface area contributed by atoms with Crippen molar-refractivity contribution < 1.29 is 13.2 Å². The minimum absolute atomic E-state index is 0. The van der Waals surface area contributed by atoms with Gasteiger partial charge in [0.2, 0.25) is 5.91 Å². The minimum atomic E-state index is -3.16. The fourth-order valence-electron chi connectivity index (χ4n) is 2.79. The van der Waals surface area contributed by atoms with Crippen molar-refractivity contribution in [3.8, 4) is 0 Å². The molecule has 0 aromatic heterocycles. The third-order valence-electron chi connectivity index (χ3n) is 3.94. The van der Waals surface area contributed by atoms with E-state index in [1.54, 1.807) is 18.2 Å². The SMILES string of the molecule is Cl.O=C(Nc1ccc2c(c1)S(=O)(=O)CC2)C1CCCCN1. The van der Waals surface area contributed by atoms with E-state index >= 15 is 0 Å². The molecule has 2 heterocycles. The van der Waals surface area contributed by atoms with Crippen molar-refractivity contribution >= 4 is 33.8 Å². The maximum absolute atomic E-state index is 12.1. The Bertz CT molecular complexity index is 640. The van der Waals surface area contributed by atoms with Crippen molar-refractivity contribution in [2.75, 3.05) is 17.6 Å². The Morgan fingerprint density at radius 1 is 1.29 bits per heavy atom. The van der Waals surface area contributed by atoms with E-state index in [-0.39, 0.29) is 30.1 Å². The summed E-state index contributed by atoms with van der Waals surface area (Å²) >= 11 is 0. The predicted molar refractivity (Wildman–Crippen MR) is 83.7 cm³/mol. The highest BCUT2D eigenvalue weighted by molar-refractivity contribution is 7.91. The average molecular weight is 331 g/mol. The third-order valence-corrected chi connectivity index (χ3v) is 5.73.